The molecule has 164 valence electrons. The average molecular weight is 476 g/mol. The number of para-hydroxylation sites is 1. The van der Waals surface area contributed by atoms with E-state index in [1.54, 1.807) is 10.6 Å². The molecule has 0 amide bonds. The number of aromatic amines is 1. The Morgan fingerprint density at radius 2 is 1.73 bits per heavy atom. The first-order chi connectivity index (χ1) is 16.1. The Bertz CT molecular complexity index is 1480. The molecule has 2 heterocycles. The van der Waals surface area contributed by atoms with Gasteiger partial charge in [0.1, 0.15) is 11.4 Å². The van der Waals surface area contributed by atoms with Crippen LogP contribution < -0.4 is 10.1 Å². The van der Waals surface area contributed by atoms with Gasteiger partial charge in [-0.25, -0.2) is 4.52 Å². The molecule has 0 radical (unpaired) electrons. The Morgan fingerprint density at radius 3 is 2.48 bits per heavy atom. The lowest BCUT2D eigenvalue weighted by atomic mass is 10.0. The monoisotopic (exact) mass is 475 g/mol. The second-order valence-electron chi connectivity index (χ2n) is 7.46. The largest absolute Gasteiger partial charge is 0.449 e. The van der Waals surface area contributed by atoms with Crippen molar-refractivity contribution in [3.63, 3.8) is 0 Å². The lowest BCUT2D eigenvalue weighted by molar-refractivity contribution is 0.515. The zero-order valence-electron chi connectivity index (χ0n) is 17.3. The quantitative estimate of drug-likeness (QED) is 0.319. The van der Waals surface area contributed by atoms with Crippen LogP contribution in [0.4, 0.5) is 0 Å². The summed E-state index contributed by atoms with van der Waals surface area (Å²) in [6.07, 6.45) is 0.581. The van der Waals surface area contributed by atoms with Gasteiger partial charge in [0.05, 0.1) is 11.4 Å². The summed E-state index contributed by atoms with van der Waals surface area (Å²) in [4.78, 5) is 25.1. The van der Waals surface area contributed by atoms with Gasteiger partial charge in [0, 0.05) is 28.6 Å². The molecule has 0 bridgehead atoms. The molecule has 5 rings (SSSR count). The number of hydrogen-bond acceptors (Lipinski definition) is 4. The Balaban J connectivity index is 1.79. The molecule has 0 aliphatic carbocycles. The van der Waals surface area contributed by atoms with Crippen molar-refractivity contribution in [1.82, 2.24) is 14.6 Å². The van der Waals surface area contributed by atoms with Crippen molar-refractivity contribution in [3.05, 3.63) is 112 Å². The Morgan fingerprint density at radius 1 is 1.00 bits per heavy atom. The van der Waals surface area contributed by atoms with Crippen LogP contribution in [0.25, 0.3) is 28.0 Å². The third kappa shape index (κ3) is 4.29. The van der Waals surface area contributed by atoms with Crippen LogP contribution in [-0.4, -0.2) is 19.5 Å². The molecule has 0 saturated heterocycles. The first-order valence-electron chi connectivity index (χ1n) is 10.2. The minimum Gasteiger partial charge on any atom is -0.449 e. The summed E-state index contributed by atoms with van der Waals surface area (Å²) in [5.74, 6) is 0.471. The third-order valence-corrected chi connectivity index (χ3v) is 5.92. The topological polar surface area (TPSA) is 79.6 Å². The predicted octanol–water partition coefficient (Wildman–Crippen LogP) is 5.48. The van der Waals surface area contributed by atoms with Crippen LogP contribution in [0.1, 0.15) is 11.3 Å². The van der Waals surface area contributed by atoms with Crippen molar-refractivity contribution >= 4 is 26.3 Å². The molecule has 2 aromatic heterocycles. The van der Waals surface area contributed by atoms with E-state index in [0.717, 1.165) is 22.4 Å². The van der Waals surface area contributed by atoms with E-state index >= 15 is 0 Å². The van der Waals surface area contributed by atoms with Crippen LogP contribution in [-0.2, 0) is 6.42 Å². The summed E-state index contributed by atoms with van der Waals surface area (Å²) in [6.45, 7) is 0. The van der Waals surface area contributed by atoms with Crippen LogP contribution in [0, 0.1) is 0 Å². The summed E-state index contributed by atoms with van der Waals surface area (Å²) < 4.78 is 7.15. The first kappa shape index (κ1) is 21.4. The first-order valence-corrected chi connectivity index (χ1v) is 11.5. The van der Waals surface area contributed by atoms with E-state index in [1.807, 2.05) is 72.8 Å². The maximum absolute atomic E-state index is 12.7. The smallest absolute Gasteiger partial charge is 0.251 e. The highest BCUT2D eigenvalue weighted by Gasteiger charge is 2.20. The maximum Gasteiger partial charge on any atom is 0.251 e. The molecule has 0 aliphatic heterocycles. The average Bonchev–Trinajstić information content (AvgIpc) is 3.18. The van der Waals surface area contributed by atoms with Gasteiger partial charge in [-0.3, -0.25) is 4.79 Å². The molecule has 0 saturated carbocycles. The van der Waals surface area contributed by atoms with E-state index < -0.39 is 9.03 Å². The Labute approximate surface area is 196 Å². The summed E-state index contributed by atoms with van der Waals surface area (Å²) >= 11 is 6.13. The SMILES string of the molecule is O=c1cc(-c2ccccc2OPO)n2nc(Cc3ccccc3)c(-c3ccc(Cl)cc3)c2[nH]1. The molecule has 8 heteroatoms. The lowest BCUT2D eigenvalue weighted by Crippen LogP contribution is -2.10. The standard InChI is InChI=1S/C25H19ClN3O3P/c26-18-12-10-17(11-13-18)24-20(14-16-6-2-1-3-7-16)28-29-21(15-23(30)27-25(24)29)19-8-4-5-9-22(19)32-33-31/h1-13,15,31,33H,14H2,(H,27,30). The second kappa shape index (κ2) is 9.20. The molecule has 2 N–H and O–H groups in total. The number of fused-ring (bicyclic) bond motifs is 1. The summed E-state index contributed by atoms with van der Waals surface area (Å²) in [6, 6.07) is 26.3. The highest BCUT2D eigenvalue weighted by Crippen LogP contribution is 2.35. The van der Waals surface area contributed by atoms with E-state index in [0.29, 0.717) is 34.1 Å². The molecule has 33 heavy (non-hydrogen) atoms. The molecule has 0 aliphatic rings. The lowest BCUT2D eigenvalue weighted by Gasteiger charge is -2.10. The van der Waals surface area contributed by atoms with Crippen LogP contribution in [0.2, 0.25) is 5.02 Å². The van der Waals surface area contributed by atoms with Crippen molar-refractivity contribution in [2.45, 2.75) is 6.42 Å². The highest BCUT2D eigenvalue weighted by atomic mass is 35.5. The molecular weight excluding hydrogens is 457 g/mol. The summed E-state index contributed by atoms with van der Waals surface area (Å²) in [5.41, 5.74) is 5.18. The molecule has 1 atom stereocenters. The van der Waals surface area contributed by atoms with Gasteiger partial charge >= 0.3 is 0 Å². The van der Waals surface area contributed by atoms with E-state index in [4.69, 9.17) is 21.2 Å². The molecular formula is C25H19ClN3O3P. The number of aromatic nitrogens is 3. The van der Waals surface area contributed by atoms with Crippen molar-refractivity contribution in [3.8, 4) is 28.1 Å². The van der Waals surface area contributed by atoms with Crippen molar-refractivity contribution < 1.29 is 9.42 Å². The van der Waals surface area contributed by atoms with Crippen LogP contribution in [0.5, 0.6) is 5.75 Å². The molecule has 6 nitrogen and oxygen atoms in total. The number of hydrogen-bond donors (Lipinski definition) is 2. The predicted molar refractivity (Wildman–Crippen MR) is 132 cm³/mol. The van der Waals surface area contributed by atoms with Gasteiger partial charge in [-0.05, 0) is 35.4 Å². The van der Waals surface area contributed by atoms with E-state index in [2.05, 4.69) is 4.98 Å². The van der Waals surface area contributed by atoms with Crippen molar-refractivity contribution in [2.24, 2.45) is 0 Å². The van der Waals surface area contributed by atoms with E-state index in [1.165, 1.54) is 6.07 Å². The van der Waals surface area contributed by atoms with Gasteiger partial charge in [0.15, 0.2) is 0 Å². The van der Waals surface area contributed by atoms with Crippen LogP contribution >= 0.6 is 20.6 Å². The number of H-pyrrole nitrogens is 1. The van der Waals surface area contributed by atoms with E-state index in [-0.39, 0.29) is 5.56 Å². The van der Waals surface area contributed by atoms with Gasteiger partial charge in [-0.2, -0.15) is 5.10 Å². The fourth-order valence-electron chi connectivity index (χ4n) is 3.93. The van der Waals surface area contributed by atoms with Gasteiger partial charge in [0.25, 0.3) is 5.56 Å². The highest BCUT2D eigenvalue weighted by molar-refractivity contribution is 7.25. The number of rotatable bonds is 6. The Kier molecular flexibility index (Phi) is 5.97. The van der Waals surface area contributed by atoms with E-state index in [9.17, 15) is 9.69 Å². The molecule has 5 aromatic rings. The number of nitrogens with zero attached hydrogens (tertiary/aromatic N) is 2. The molecule has 0 fully saturated rings. The van der Waals surface area contributed by atoms with Gasteiger partial charge in [-0.15, -0.1) is 0 Å². The zero-order valence-corrected chi connectivity index (χ0v) is 19.1. The minimum atomic E-state index is -0.717. The maximum atomic E-state index is 12.7. The number of benzene rings is 3. The van der Waals surface area contributed by atoms with Gasteiger partial charge < -0.3 is 14.4 Å². The third-order valence-electron chi connectivity index (χ3n) is 5.36. The summed E-state index contributed by atoms with van der Waals surface area (Å²) in [5, 5.41) is 5.55. The number of nitrogens with one attached hydrogen (secondary N) is 1. The molecule has 1 unspecified atom stereocenters. The van der Waals surface area contributed by atoms with Gasteiger partial charge in [-0.1, -0.05) is 66.2 Å². The minimum absolute atomic E-state index is 0.264. The number of halogens is 1. The zero-order chi connectivity index (χ0) is 22.8. The van der Waals surface area contributed by atoms with Crippen LogP contribution in [0.3, 0.4) is 0 Å². The molecule has 3 aromatic carbocycles. The molecule has 0 spiro atoms. The fourth-order valence-corrected chi connectivity index (χ4v) is 4.33. The van der Waals surface area contributed by atoms with Gasteiger partial charge in [0.2, 0.25) is 9.03 Å². The van der Waals surface area contributed by atoms with Crippen molar-refractivity contribution in [2.75, 3.05) is 0 Å². The summed E-state index contributed by atoms with van der Waals surface area (Å²) in [7, 11) is -0.717. The normalized spacial score (nSPS) is 11.5. The van der Waals surface area contributed by atoms with Crippen LogP contribution in [0.15, 0.2) is 89.7 Å². The second-order valence-corrected chi connectivity index (χ2v) is 8.28. The van der Waals surface area contributed by atoms with Crippen molar-refractivity contribution in [1.29, 1.82) is 0 Å². The Hall–Kier alpha value is -3.44. The fraction of sp³-hybridized carbons (Fsp3) is 0.0400.